The van der Waals surface area contributed by atoms with Crippen molar-refractivity contribution in [3.63, 3.8) is 0 Å². The Morgan fingerprint density at radius 2 is 1.78 bits per heavy atom. The third-order valence-electron chi connectivity index (χ3n) is 1.03. The van der Waals surface area contributed by atoms with Crippen molar-refractivity contribution in [1.29, 1.82) is 0 Å². The van der Waals surface area contributed by atoms with Crippen molar-refractivity contribution in [1.82, 2.24) is 0 Å². The van der Waals surface area contributed by atoms with Gasteiger partial charge in [0.2, 0.25) is 0 Å². The first-order chi connectivity index (χ1) is 3.93. The average molecular weight is 247 g/mol. The third-order valence-corrected chi connectivity index (χ3v) is 1.03. The molecule has 0 atom stereocenters. The zero-order valence-corrected chi connectivity index (χ0v) is 9.69. The topological polar surface area (TPSA) is 20.2 Å². The van der Waals surface area contributed by atoms with E-state index in [1.807, 2.05) is 30.3 Å². The fourth-order valence-electron chi connectivity index (χ4n) is 0.583. The van der Waals surface area contributed by atoms with Crippen LogP contribution in [0, 0.1) is 0 Å². The Balaban J connectivity index is -0.000000213. The summed E-state index contributed by atoms with van der Waals surface area (Å²) in [6.45, 7) is 0.140. The van der Waals surface area contributed by atoms with Crippen molar-refractivity contribution in [2.75, 3.05) is 0 Å². The molecule has 0 fully saturated rings. The van der Waals surface area contributed by atoms with E-state index in [9.17, 15) is 0 Å². The molecule has 0 heterocycles. The first-order valence-corrected chi connectivity index (χ1v) is 2.58. The predicted octanol–water partition coefficient (Wildman–Crippen LogP) is 1.02. The Morgan fingerprint density at radius 3 is 2.11 bits per heavy atom. The van der Waals surface area contributed by atoms with Crippen molar-refractivity contribution < 1.29 is 7.96 Å². The Bertz CT molecular complexity index is 158. The summed E-state index contributed by atoms with van der Waals surface area (Å²) in [5.41, 5.74) is 0.965. The minimum absolute atomic E-state index is 0. The molecule has 0 unspecified atom stereocenters. The second kappa shape index (κ2) is 5.53. The summed E-state index contributed by atoms with van der Waals surface area (Å²) >= 11 is 0. The molecule has 0 aromatic heterocycles. The Hall–Kier alpha value is 0.751. The Kier molecular flexibility index (Phi) is 5.99. The molecule has 1 N–H and O–H groups in total. The van der Waals surface area contributed by atoms with Crippen LogP contribution in [-0.4, -0.2) is 54.0 Å². The predicted molar refractivity (Wildman–Crippen MR) is 40.3 cm³/mol. The summed E-state index contributed by atoms with van der Waals surface area (Å²) in [6, 6.07) is 9.52. The molecular weight excluding hydrogens is 237 g/mol. The van der Waals surface area contributed by atoms with Gasteiger partial charge in [0.1, 0.15) is 0 Å². The van der Waals surface area contributed by atoms with Gasteiger partial charge in [0.05, 0.1) is 6.61 Å². The molecular formula is C7H10BaO. The summed E-state index contributed by atoms with van der Waals surface area (Å²) in [6.07, 6.45) is 0. The van der Waals surface area contributed by atoms with Gasteiger partial charge in [-0.1, -0.05) is 30.3 Å². The van der Waals surface area contributed by atoms with Gasteiger partial charge >= 0.3 is 48.9 Å². The average Bonchev–Trinajstić information content (AvgIpc) is 1.90. The SMILES string of the molecule is OCc1ccccc1.[Ba+2].[H-].[H-]. The van der Waals surface area contributed by atoms with Gasteiger partial charge in [-0.3, -0.25) is 0 Å². The van der Waals surface area contributed by atoms with Gasteiger partial charge in [0.25, 0.3) is 0 Å². The van der Waals surface area contributed by atoms with Gasteiger partial charge < -0.3 is 7.96 Å². The fraction of sp³-hybridized carbons (Fsp3) is 0.143. The molecule has 0 saturated heterocycles. The zero-order chi connectivity index (χ0) is 5.82. The van der Waals surface area contributed by atoms with Crippen LogP contribution in [-0.2, 0) is 6.61 Å². The van der Waals surface area contributed by atoms with Gasteiger partial charge in [0, 0.05) is 0 Å². The summed E-state index contributed by atoms with van der Waals surface area (Å²) < 4.78 is 0. The number of hydrogen-bond acceptors (Lipinski definition) is 1. The maximum absolute atomic E-state index is 8.54. The van der Waals surface area contributed by atoms with E-state index >= 15 is 0 Å². The molecule has 0 radical (unpaired) electrons. The zero-order valence-electron chi connectivity index (χ0n) is 7.25. The molecule has 0 saturated carbocycles. The molecule has 1 rings (SSSR count). The first-order valence-electron chi connectivity index (χ1n) is 2.58. The molecule has 0 bridgehead atoms. The molecule has 1 aromatic rings. The number of benzene rings is 1. The van der Waals surface area contributed by atoms with Crippen LogP contribution in [0.4, 0.5) is 0 Å². The van der Waals surface area contributed by atoms with E-state index in [2.05, 4.69) is 0 Å². The molecule has 46 valence electrons. The molecule has 0 aliphatic carbocycles. The quantitative estimate of drug-likeness (QED) is 0.735. The van der Waals surface area contributed by atoms with Crippen LogP contribution in [0.3, 0.4) is 0 Å². The minimum Gasteiger partial charge on any atom is -1.00 e. The molecule has 1 aromatic carbocycles. The van der Waals surface area contributed by atoms with Crippen LogP contribution in [0.2, 0.25) is 0 Å². The second-order valence-corrected chi connectivity index (χ2v) is 1.64. The van der Waals surface area contributed by atoms with Crippen LogP contribution in [0.5, 0.6) is 0 Å². The Morgan fingerprint density at radius 1 is 1.22 bits per heavy atom. The smallest absolute Gasteiger partial charge is 1.00 e. The van der Waals surface area contributed by atoms with Crippen molar-refractivity contribution in [2.45, 2.75) is 6.61 Å². The maximum Gasteiger partial charge on any atom is 2.00 e. The van der Waals surface area contributed by atoms with E-state index in [-0.39, 0.29) is 58.3 Å². The summed E-state index contributed by atoms with van der Waals surface area (Å²) in [4.78, 5) is 0. The van der Waals surface area contributed by atoms with Crippen molar-refractivity contribution in [3.8, 4) is 0 Å². The van der Waals surface area contributed by atoms with E-state index < -0.39 is 0 Å². The van der Waals surface area contributed by atoms with Crippen molar-refractivity contribution in [2.24, 2.45) is 0 Å². The minimum atomic E-state index is 0. The molecule has 1 nitrogen and oxygen atoms in total. The third kappa shape index (κ3) is 3.45. The summed E-state index contributed by atoms with van der Waals surface area (Å²) in [5.74, 6) is 0. The van der Waals surface area contributed by atoms with Gasteiger partial charge in [0.15, 0.2) is 0 Å². The monoisotopic (exact) mass is 248 g/mol. The molecule has 0 aliphatic heterocycles. The molecule has 2 heteroatoms. The van der Waals surface area contributed by atoms with E-state index in [4.69, 9.17) is 5.11 Å². The number of aliphatic hydroxyl groups excluding tert-OH is 1. The van der Waals surface area contributed by atoms with E-state index in [1.54, 1.807) is 0 Å². The molecule has 0 amide bonds. The van der Waals surface area contributed by atoms with Gasteiger partial charge in [-0.25, -0.2) is 0 Å². The van der Waals surface area contributed by atoms with Gasteiger partial charge in [-0.2, -0.15) is 0 Å². The maximum atomic E-state index is 8.54. The largest absolute Gasteiger partial charge is 2.00 e. The van der Waals surface area contributed by atoms with Crippen molar-refractivity contribution >= 4 is 48.9 Å². The fourth-order valence-corrected chi connectivity index (χ4v) is 0.583. The van der Waals surface area contributed by atoms with Crippen LogP contribution >= 0.6 is 0 Å². The Labute approximate surface area is 98.1 Å². The molecule has 0 aliphatic rings. The first kappa shape index (κ1) is 9.75. The van der Waals surface area contributed by atoms with E-state index in [1.165, 1.54) is 0 Å². The van der Waals surface area contributed by atoms with Crippen molar-refractivity contribution in [3.05, 3.63) is 35.9 Å². The molecule has 9 heavy (non-hydrogen) atoms. The number of rotatable bonds is 1. The standard InChI is InChI=1S/C7H8O.Ba.2H/c8-6-7-4-2-1-3-5-7;;;/h1-5,8H,6H2;;;/q;+2;2*-1. The van der Waals surface area contributed by atoms with Crippen LogP contribution in [0.1, 0.15) is 8.42 Å². The normalized spacial score (nSPS) is 8.11. The van der Waals surface area contributed by atoms with Gasteiger partial charge in [-0.15, -0.1) is 0 Å². The van der Waals surface area contributed by atoms with Crippen LogP contribution in [0.25, 0.3) is 0 Å². The van der Waals surface area contributed by atoms with Gasteiger partial charge in [-0.05, 0) is 5.56 Å². The van der Waals surface area contributed by atoms with Crippen LogP contribution in [0.15, 0.2) is 30.3 Å². The summed E-state index contributed by atoms with van der Waals surface area (Å²) in [5, 5.41) is 8.54. The number of hydrogen-bond donors (Lipinski definition) is 1. The van der Waals surface area contributed by atoms with E-state index in [0.29, 0.717) is 0 Å². The number of aliphatic hydroxyl groups is 1. The van der Waals surface area contributed by atoms with Crippen LogP contribution < -0.4 is 0 Å². The van der Waals surface area contributed by atoms with E-state index in [0.717, 1.165) is 5.56 Å². The molecule has 0 spiro atoms. The summed E-state index contributed by atoms with van der Waals surface area (Å²) in [7, 11) is 0. The second-order valence-electron chi connectivity index (χ2n) is 1.64.